The fraction of sp³-hybridized carbons (Fsp3) is 0.273. The van der Waals surface area contributed by atoms with Gasteiger partial charge >= 0.3 is 5.97 Å². The topological polar surface area (TPSA) is 43.4 Å². The lowest BCUT2D eigenvalue weighted by atomic mass is 9.97. The average molecular weight is 225 g/mol. The van der Waals surface area contributed by atoms with Gasteiger partial charge < -0.3 is 4.74 Å². The van der Waals surface area contributed by atoms with E-state index in [2.05, 4.69) is 0 Å². The molecule has 0 saturated heterocycles. The molecular formula is C11H9ClO3. The first-order valence-corrected chi connectivity index (χ1v) is 4.96. The zero-order valence-corrected chi connectivity index (χ0v) is 8.88. The van der Waals surface area contributed by atoms with Crippen LogP contribution >= 0.6 is 11.6 Å². The molecule has 3 nitrogen and oxygen atoms in total. The number of ether oxygens (including phenoxy) is 1. The Morgan fingerprint density at radius 3 is 2.93 bits per heavy atom. The summed E-state index contributed by atoms with van der Waals surface area (Å²) in [5.41, 5.74) is 1.16. The van der Waals surface area contributed by atoms with Crippen molar-refractivity contribution in [3.63, 3.8) is 0 Å². The summed E-state index contributed by atoms with van der Waals surface area (Å²) in [4.78, 5) is 22.7. The van der Waals surface area contributed by atoms with Gasteiger partial charge in [0.2, 0.25) is 0 Å². The van der Waals surface area contributed by atoms with E-state index < -0.39 is 12.1 Å². The Kier molecular flexibility index (Phi) is 2.49. The molecule has 1 atom stereocenters. The molecule has 0 amide bonds. The molecule has 0 radical (unpaired) electrons. The van der Waals surface area contributed by atoms with E-state index in [0.717, 1.165) is 0 Å². The highest BCUT2D eigenvalue weighted by Gasteiger charge is 2.30. The van der Waals surface area contributed by atoms with Crippen LogP contribution in [0.3, 0.4) is 0 Å². The van der Waals surface area contributed by atoms with Gasteiger partial charge in [0.05, 0.1) is 5.56 Å². The lowest BCUT2D eigenvalue weighted by Crippen LogP contribution is -2.33. The largest absolute Gasteiger partial charge is 0.450 e. The number of halogens is 1. The Labute approximate surface area is 92.0 Å². The van der Waals surface area contributed by atoms with E-state index in [4.69, 9.17) is 16.3 Å². The van der Waals surface area contributed by atoms with E-state index in [1.54, 1.807) is 18.2 Å². The van der Waals surface area contributed by atoms with Gasteiger partial charge in [0.15, 0.2) is 11.9 Å². The summed E-state index contributed by atoms with van der Waals surface area (Å²) >= 11 is 5.96. The van der Waals surface area contributed by atoms with Crippen molar-refractivity contribution in [1.82, 2.24) is 0 Å². The third kappa shape index (κ3) is 1.75. The molecule has 1 aromatic rings. The van der Waals surface area contributed by atoms with Crippen LogP contribution in [0.5, 0.6) is 0 Å². The van der Waals surface area contributed by atoms with E-state index >= 15 is 0 Å². The molecule has 1 unspecified atom stereocenters. The maximum absolute atomic E-state index is 11.5. The smallest absolute Gasteiger partial charge is 0.339 e. The van der Waals surface area contributed by atoms with Crippen molar-refractivity contribution < 1.29 is 14.3 Å². The van der Waals surface area contributed by atoms with Crippen molar-refractivity contribution in [3.8, 4) is 0 Å². The second-order valence-electron chi connectivity index (χ2n) is 3.47. The van der Waals surface area contributed by atoms with Crippen LogP contribution in [0.1, 0.15) is 22.8 Å². The summed E-state index contributed by atoms with van der Waals surface area (Å²) in [6.45, 7) is 1.40. The molecule has 0 N–H and O–H groups in total. The lowest BCUT2D eigenvalue weighted by molar-refractivity contribution is -0.125. The van der Waals surface area contributed by atoms with Crippen LogP contribution in [-0.2, 0) is 16.0 Å². The number of hydrogen-bond acceptors (Lipinski definition) is 3. The Morgan fingerprint density at radius 2 is 2.27 bits per heavy atom. The molecule has 0 bridgehead atoms. The highest BCUT2D eigenvalue weighted by molar-refractivity contribution is 6.32. The number of hydrogen-bond donors (Lipinski definition) is 0. The van der Waals surface area contributed by atoms with E-state index in [0.29, 0.717) is 22.6 Å². The molecule has 1 heterocycles. The van der Waals surface area contributed by atoms with Gasteiger partial charge in [0, 0.05) is 11.4 Å². The molecule has 0 saturated carbocycles. The number of ketones is 1. The number of esters is 1. The molecule has 1 aliphatic heterocycles. The van der Waals surface area contributed by atoms with Crippen LogP contribution in [-0.4, -0.2) is 17.9 Å². The van der Waals surface area contributed by atoms with Crippen molar-refractivity contribution in [2.75, 3.05) is 0 Å². The Hall–Kier alpha value is -1.35. The normalized spacial score (nSPS) is 19.3. The van der Waals surface area contributed by atoms with Crippen molar-refractivity contribution >= 4 is 23.4 Å². The van der Waals surface area contributed by atoms with Crippen molar-refractivity contribution in [3.05, 3.63) is 34.3 Å². The van der Waals surface area contributed by atoms with Crippen molar-refractivity contribution in [2.45, 2.75) is 19.4 Å². The van der Waals surface area contributed by atoms with E-state index in [-0.39, 0.29) is 5.78 Å². The van der Waals surface area contributed by atoms with Crippen molar-refractivity contribution in [1.29, 1.82) is 0 Å². The molecule has 0 spiro atoms. The van der Waals surface area contributed by atoms with Gasteiger partial charge in [-0.05, 0) is 24.6 Å². The van der Waals surface area contributed by atoms with Gasteiger partial charge in [0.25, 0.3) is 0 Å². The molecule has 78 valence electrons. The fourth-order valence-corrected chi connectivity index (χ4v) is 1.86. The first kappa shape index (κ1) is 10.2. The molecule has 0 aromatic heterocycles. The molecule has 0 fully saturated rings. The van der Waals surface area contributed by atoms with Gasteiger partial charge in [-0.25, -0.2) is 4.79 Å². The molecule has 0 aliphatic carbocycles. The third-order valence-electron chi connectivity index (χ3n) is 2.43. The number of carbonyl (C=O) groups is 2. The Balaban J connectivity index is 2.46. The summed E-state index contributed by atoms with van der Waals surface area (Å²) in [5, 5.41) is 0.510. The van der Waals surface area contributed by atoms with Gasteiger partial charge in [-0.15, -0.1) is 0 Å². The fourth-order valence-electron chi connectivity index (χ4n) is 1.60. The van der Waals surface area contributed by atoms with Crippen LogP contribution < -0.4 is 0 Å². The van der Waals surface area contributed by atoms with Gasteiger partial charge in [-0.3, -0.25) is 4.79 Å². The SMILES string of the molecule is CC(=O)C1Cc2c(Cl)cccc2C(=O)O1. The highest BCUT2D eigenvalue weighted by atomic mass is 35.5. The third-order valence-corrected chi connectivity index (χ3v) is 2.79. The second-order valence-corrected chi connectivity index (χ2v) is 3.88. The molecular weight excluding hydrogens is 216 g/mol. The van der Waals surface area contributed by atoms with Crippen LogP contribution in [0.15, 0.2) is 18.2 Å². The second kappa shape index (κ2) is 3.66. The van der Waals surface area contributed by atoms with Crippen LogP contribution in [0.2, 0.25) is 5.02 Å². The van der Waals surface area contributed by atoms with E-state index in [1.165, 1.54) is 6.92 Å². The molecule has 4 heteroatoms. The quantitative estimate of drug-likeness (QED) is 0.686. The minimum atomic E-state index is -0.690. The van der Waals surface area contributed by atoms with Crippen LogP contribution in [0.25, 0.3) is 0 Å². The predicted molar refractivity (Wildman–Crippen MR) is 55.0 cm³/mol. The summed E-state index contributed by atoms with van der Waals surface area (Å²) in [6.07, 6.45) is -0.319. The predicted octanol–water partition coefficient (Wildman–Crippen LogP) is 2.01. The zero-order chi connectivity index (χ0) is 11.0. The molecule has 2 rings (SSSR count). The van der Waals surface area contributed by atoms with Gasteiger partial charge in [-0.2, -0.15) is 0 Å². The molecule has 1 aromatic carbocycles. The van der Waals surface area contributed by atoms with Gasteiger partial charge in [-0.1, -0.05) is 17.7 Å². The van der Waals surface area contributed by atoms with Crippen LogP contribution in [0.4, 0.5) is 0 Å². The van der Waals surface area contributed by atoms with Crippen LogP contribution in [0, 0.1) is 0 Å². The van der Waals surface area contributed by atoms with Crippen molar-refractivity contribution in [2.24, 2.45) is 0 Å². The Morgan fingerprint density at radius 1 is 1.53 bits per heavy atom. The minimum absolute atomic E-state index is 0.158. The maximum atomic E-state index is 11.5. The number of fused-ring (bicyclic) bond motifs is 1. The lowest BCUT2D eigenvalue weighted by Gasteiger charge is -2.23. The number of cyclic esters (lactones) is 1. The number of Topliss-reactive ketones (excluding diaryl/α,β-unsaturated/α-hetero) is 1. The maximum Gasteiger partial charge on any atom is 0.339 e. The number of rotatable bonds is 1. The van der Waals surface area contributed by atoms with E-state index in [1.807, 2.05) is 0 Å². The summed E-state index contributed by atoms with van der Waals surface area (Å²) in [5.74, 6) is -0.632. The highest BCUT2D eigenvalue weighted by Crippen LogP contribution is 2.27. The average Bonchev–Trinajstić information content (AvgIpc) is 2.19. The first-order chi connectivity index (χ1) is 7.09. The van der Waals surface area contributed by atoms with Gasteiger partial charge in [0.1, 0.15) is 0 Å². The summed E-state index contributed by atoms with van der Waals surface area (Å²) in [7, 11) is 0. The van der Waals surface area contributed by atoms with E-state index in [9.17, 15) is 9.59 Å². The Bertz CT molecular complexity index is 439. The zero-order valence-electron chi connectivity index (χ0n) is 8.12. The minimum Gasteiger partial charge on any atom is -0.450 e. The molecule has 15 heavy (non-hydrogen) atoms. The number of carbonyl (C=O) groups excluding carboxylic acids is 2. The number of benzene rings is 1. The standard InChI is InChI=1S/C11H9ClO3/c1-6(13)10-5-8-7(11(14)15-10)3-2-4-9(8)12/h2-4,10H,5H2,1H3. The monoisotopic (exact) mass is 224 g/mol. The first-order valence-electron chi connectivity index (χ1n) is 4.58. The molecule has 1 aliphatic rings. The summed E-state index contributed by atoms with van der Waals surface area (Å²) < 4.78 is 4.98. The summed E-state index contributed by atoms with van der Waals surface area (Å²) in [6, 6.07) is 5.05.